The summed E-state index contributed by atoms with van der Waals surface area (Å²) in [4.78, 5) is 18.9. The van der Waals surface area contributed by atoms with Crippen LogP contribution in [-0.4, -0.2) is 37.1 Å². The second-order valence-corrected chi connectivity index (χ2v) is 8.12. The van der Waals surface area contributed by atoms with Gasteiger partial charge >= 0.3 is 6.18 Å². The smallest absolute Gasteiger partial charge is 0.372 e. The zero-order chi connectivity index (χ0) is 20.7. The first-order valence-electron chi connectivity index (χ1n) is 8.04. The number of amides is 1. The van der Waals surface area contributed by atoms with Gasteiger partial charge in [0.1, 0.15) is 11.4 Å². The van der Waals surface area contributed by atoms with Crippen molar-refractivity contribution in [3.8, 4) is 0 Å². The van der Waals surface area contributed by atoms with Gasteiger partial charge in [0.2, 0.25) is 11.9 Å². The lowest BCUT2D eigenvalue weighted by Gasteiger charge is -2.14. The Morgan fingerprint density at radius 3 is 2.61 bits per heavy atom. The van der Waals surface area contributed by atoms with Crippen LogP contribution in [0.5, 0.6) is 0 Å². The largest absolute Gasteiger partial charge is 0.421 e. The molecule has 1 aromatic heterocycles. The van der Waals surface area contributed by atoms with Gasteiger partial charge in [0.15, 0.2) is 9.84 Å². The minimum atomic E-state index is -4.61. The van der Waals surface area contributed by atoms with Crippen molar-refractivity contribution in [2.45, 2.75) is 24.0 Å². The predicted molar refractivity (Wildman–Crippen MR) is 94.9 cm³/mol. The molecule has 150 valence electrons. The minimum Gasteiger partial charge on any atom is -0.372 e. The Hall–Kier alpha value is -2.89. The first-order chi connectivity index (χ1) is 13.0. The number of fused-ring (bicyclic) bond motifs is 1. The number of anilines is 3. The Bertz CT molecular complexity index is 1040. The number of sulfone groups is 1. The monoisotopic (exact) mass is 415 g/mol. The molecule has 8 nitrogen and oxygen atoms in total. The van der Waals surface area contributed by atoms with Crippen molar-refractivity contribution < 1.29 is 26.4 Å². The van der Waals surface area contributed by atoms with E-state index in [2.05, 4.69) is 25.9 Å². The summed E-state index contributed by atoms with van der Waals surface area (Å²) in [5, 5.41) is 7.70. The first-order valence-corrected chi connectivity index (χ1v) is 9.69. The van der Waals surface area contributed by atoms with E-state index in [1.54, 1.807) is 0 Å². The number of alkyl halides is 3. The molecular weight excluding hydrogens is 399 g/mol. The van der Waals surface area contributed by atoms with Crippen molar-refractivity contribution in [1.82, 2.24) is 15.3 Å². The fourth-order valence-electron chi connectivity index (χ4n) is 2.91. The number of nitrogens with one attached hydrogen (secondary N) is 3. The highest BCUT2D eigenvalue weighted by atomic mass is 32.2. The molecule has 3 rings (SSSR count). The molecule has 12 heteroatoms. The summed E-state index contributed by atoms with van der Waals surface area (Å²) in [6, 6.07) is 3.62. The molecule has 2 aromatic rings. The Morgan fingerprint density at radius 2 is 2.00 bits per heavy atom. The molecule has 0 aliphatic carbocycles. The van der Waals surface area contributed by atoms with Gasteiger partial charge in [0.25, 0.3) is 0 Å². The van der Waals surface area contributed by atoms with Crippen LogP contribution in [-0.2, 0) is 20.8 Å². The van der Waals surface area contributed by atoms with E-state index in [1.807, 2.05) is 0 Å². The highest BCUT2D eigenvalue weighted by molar-refractivity contribution is 7.91. The second-order valence-electron chi connectivity index (χ2n) is 6.12. The Morgan fingerprint density at radius 1 is 1.29 bits per heavy atom. The highest BCUT2D eigenvalue weighted by Crippen LogP contribution is 2.36. The third-order valence-electron chi connectivity index (χ3n) is 4.07. The molecule has 28 heavy (non-hydrogen) atoms. The molecule has 0 bridgehead atoms. The Balaban J connectivity index is 1.94. The summed E-state index contributed by atoms with van der Waals surface area (Å²) >= 11 is 0. The van der Waals surface area contributed by atoms with E-state index in [9.17, 15) is 26.4 Å². The number of halogens is 3. The van der Waals surface area contributed by atoms with Gasteiger partial charge in [-0.05, 0) is 23.8 Å². The third kappa shape index (κ3) is 3.86. The molecule has 0 spiro atoms. The number of carbonyl (C=O) groups is 1. The van der Waals surface area contributed by atoms with Gasteiger partial charge in [-0.1, -0.05) is 0 Å². The van der Waals surface area contributed by atoms with Crippen LogP contribution in [0.2, 0.25) is 0 Å². The molecule has 2 heterocycles. The van der Waals surface area contributed by atoms with Gasteiger partial charge in [0.05, 0.1) is 16.7 Å². The standard InChI is InChI=1S/C16H16F3N5O3S/c1-8(25)22-12-7-28(26,27)13-4-3-9(5-10(12)13)23-15-21-6-11(16(17,18)19)14(20-2)24-15/h3-6,12H,7H2,1-2H3,(H,22,25)(H2,20,21,23,24). The average Bonchev–Trinajstić information content (AvgIpc) is 2.83. The Labute approximate surface area is 158 Å². The molecule has 0 fully saturated rings. The summed E-state index contributed by atoms with van der Waals surface area (Å²) in [6.45, 7) is 1.28. The maximum atomic E-state index is 12.9. The van der Waals surface area contributed by atoms with Gasteiger partial charge in [0, 0.05) is 25.9 Å². The molecule has 3 N–H and O–H groups in total. The van der Waals surface area contributed by atoms with E-state index < -0.39 is 33.4 Å². The zero-order valence-corrected chi connectivity index (χ0v) is 15.6. The van der Waals surface area contributed by atoms with E-state index in [4.69, 9.17) is 0 Å². The number of hydrogen-bond acceptors (Lipinski definition) is 7. The Kier molecular flexibility index (Phi) is 4.91. The molecule has 0 radical (unpaired) electrons. The van der Waals surface area contributed by atoms with Crippen molar-refractivity contribution >= 4 is 33.2 Å². The summed E-state index contributed by atoms with van der Waals surface area (Å²) in [5.74, 6) is -1.14. The van der Waals surface area contributed by atoms with Gasteiger partial charge in [-0.25, -0.2) is 13.4 Å². The highest BCUT2D eigenvalue weighted by Gasteiger charge is 2.36. The lowest BCUT2D eigenvalue weighted by atomic mass is 10.1. The van der Waals surface area contributed by atoms with Crippen LogP contribution in [0.4, 0.5) is 30.6 Å². The van der Waals surface area contributed by atoms with E-state index in [-0.39, 0.29) is 22.5 Å². The van der Waals surface area contributed by atoms with Crippen molar-refractivity contribution in [1.29, 1.82) is 0 Å². The van der Waals surface area contributed by atoms with Gasteiger partial charge < -0.3 is 16.0 Å². The van der Waals surface area contributed by atoms with Crippen LogP contribution in [0.15, 0.2) is 29.3 Å². The summed E-state index contributed by atoms with van der Waals surface area (Å²) < 4.78 is 63.2. The fourth-order valence-corrected chi connectivity index (χ4v) is 4.63. The van der Waals surface area contributed by atoms with Crippen molar-refractivity contribution in [2.24, 2.45) is 0 Å². The van der Waals surface area contributed by atoms with Crippen LogP contribution < -0.4 is 16.0 Å². The third-order valence-corrected chi connectivity index (χ3v) is 5.89. The average molecular weight is 415 g/mol. The fraction of sp³-hybridized carbons (Fsp3) is 0.312. The number of hydrogen-bond donors (Lipinski definition) is 3. The number of benzene rings is 1. The lowest BCUT2D eigenvalue weighted by molar-refractivity contribution is -0.137. The SMILES string of the molecule is CNc1nc(Nc2ccc3c(c2)C(NC(C)=O)CS3(=O)=O)ncc1C(F)(F)F. The normalized spacial score (nSPS) is 17.7. The minimum absolute atomic E-state index is 0.0982. The quantitative estimate of drug-likeness (QED) is 0.702. The van der Waals surface area contributed by atoms with Gasteiger partial charge in [-0.3, -0.25) is 4.79 Å². The molecular formula is C16H16F3N5O3S. The topological polar surface area (TPSA) is 113 Å². The molecule has 1 aliphatic rings. The number of carbonyl (C=O) groups excluding carboxylic acids is 1. The van der Waals surface area contributed by atoms with Gasteiger partial charge in [-0.15, -0.1) is 0 Å². The van der Waals surface area contributed by atoms with Gasteiger partial charge in [-0.2, -0.15) is 18.2 Å². The molecule has 1 aromatic carbocycles. The van der Waals surface area contributed by atoms with E-state index in [0.29, 0.717) is 17.4 Å². The molecule has 1 atom stereocenters. The summed E-state index contributed by atoms with van der Waals surface area (Å²) in [6.07, 6.45) is -3.95. The van der Waals surface area contributed by atoms with Crippen LogP contribution in [0.1, 0.15) is 24.1 Å². The van der Waals surface area contributed by atoms with Crippen molar-refractivity contribution in [2.75, 3.05) is 23.4 Å². The van der Waals surface area contributed by atoms with Crippen LogP contribution in [0.3, 0.4) is 0 Å². The predicted octanol–water partition coefficient (Wildman–Crippen LogP) is 2.25. The maximum Gasteiger partial charge on any atom is 0.421 e. The van der Waals surface area contributed by atoms with Crippen LogP contribution in [0.25, 0.3) is 0 Å². The number of nitrogens with zero attached hydrogens (tertiary/aromatic N) is 2. The summed E-state index contributed by atoms with van der Waals surface area (Å²) in [7, 11) is -2.23. The first kappa shape index (κ1) is 19.9. The summed E-state index contributed by atoms with van der Waals surface area (Å²) in [5.41, 5.74) is -0.250. The van der Waals surface area contributed by atoms with Crippen molar-refractivity contribution in [3.63, 3.8) is 0 Å². The second kappa shape index (κ2) is 6.93. The van der Waals surface area contributed by atoms with Crippen LogP contribution >= 0.6 is 0 Å². The molecule has 0 saturated carbocycles. The lowest BCUT2D eigenvalue weighted by Crippen LogP contribution is -2.27. The van der Waals surface area contributed by atoms with Crippen LogP contribution in [0, 0.1) is 0 Å². The molecule has 0 saturated heterocycles. The zero-order valence-electron chi connectivity index (χ0n) is 14.8. The molecule has 1 aliphatic heterocycles. The molecule has 1 amide bonds. The van der Waals surface area contributed by atoms with Crippen molar-refractivity contribution in [3.05, 3.63) is 35.5 Å². The maximum absolute atomic E-state index is 12.9. The van der Waals surface area contributed by atoms with E-state index >= 15 is 0 Å². The number of aromatic nitrogens is 2. The molecule has 1 unspecified atom stereocenters. The van der Waals surface area contributed by atoms with E-state index in [1.165, 1.54) is 32.2 Å². The number of rotatable bonds is 4. The van der Waals surface area contributed by atoms with E-state index in [0.717, 1.165) is 0 Å².